The first-order valence-corrected chi connectivity index (χ1v) is 17.8. The zero-order valence-corrected chi connectivity index (χ0v) is 27.9. The Morgan fingerprint density at radius 3 is 2.40 bits per heavy atom. The van der Waals surface area contributed by atoms with Gasteiger partial charge in [0.2, 0.25) is 0 Å². The first-order valence-electron chi connectivity index (χ1n) is 13.3. The molecule has 2 aromatic heterocycles. The van der Waals surface area contributed by atoms with Crippen LogP contribution in [0.1, 0.15) is 38.8 Å². The Morgan fingerprint density at radius 2 is 1.70 bits per heavy atom. The standard InChI is InChI=1S/C31H35Br2NO5Si/c1-7-36-21-11-13-26(32)24(18-21)29-25(17-20-9-8-14-34-30(20)33)28(35)23-12-10-22(19-27(23)39-29)37-15-16-38-40(5,6)31(2,3)4/h8-14,18-19H,7,15-17H2,1-6H3. The molecule has 0 amide bonds. The summed E-state index contributed by atoms with van der Waals surface area (Å²) in [6.07, 6.45) is 2.05. The normalized spacial score (nSPS) is 12.1. The first kappa shape index (κ1) is 30.5. The van der Waals surface area contributed by atoms with Gasteiger partial charge in [0.1, 0.15) is 34.1 Å². The van der Waals surface area contributed by atoms with Gasteiger partial charge in [0, 0.05) is 34.3 Å². The van der Waals surface area contributed by atoms with Gasteiger partial charge >= 0.3 is 0 Å². The fourth-order valence-corrected chi connectivity index (χ4v) is 5.87. The average molecular weight is 690 g/mol. The Morgan fingerprint density at radius 1 is 0.975 bits per heavy atom. The average Bonchev–Trinajstić information content (AvgIpc) is 2.90. The molecule has 0 spiro atoms. The fraction of sp³-hybridized carbons (Fsp3) is 0.355. The molecular weight excluding hydrogens is 654 g/mol. The second-order valence-corrected chi connectivity index (χ2v) is 17.5. The van der Waals surface area contributed by atoms with Gasteiger partial charge in [-0.25, -0.2) is 4.98 Å². The maximum Gasteiger partial charge on any atom is 0.196 e. The predicted octanol–water partition coefficient (Wildman–Crippen LogP) is 8.77. The third-order valence-electron chi connectivity index (χ3n) is 7.28. The number of ether oxygens (including phenoxy) is 2. The maximum atomic E-state index is 13.9. The zero-order valence-electron chi connectivity index (χ0n) is 23.8. The van der Waals surface area contributed by atoms with E-state index in [2.05, 4.69) is 70.7 Å². The van der Waals surface area contributed by atoms with E-state index in [0.29, 0.717) is 64.6 Å². The smallest absolute Gasteiger partial charge is 0.196 e. The van der Waals surface area contributed by atoms with Crippen molar-refractivity contribution in [2.45, 2.75) is 52.2 Å². The molecule has 6 nitrogen and oxygen atoms in total. The highest BCUT2D eigenvalue weighted by molar-refractivity contribution is 9.10. The Balaban J connectivity index is 1.74. The number of pyridine rings is 1. The summed E-state index contributed by atoms with van der Waals surface area (Å²) in [5.74, 6) is 1.78. The first-order chi connectivity index (χ1) is 18.9. The summed E-state index contributed by atoms with van der Waals surface area (Å²) < 4.78 is 26.0. The van der Waals surface area contributed by atoms with Crippen LogP contribution < -0.4 is 14.9 Å². The minimum atomic E-state index is -1.86. The summed E-state index contributed by atoms with van der Waals surface area (Å²) in [5, 5.41) is 0.618. The number of aromatic nitrogens is 1. The quantitative estimate of drug-likeness (QED) is 0.0943. The second kappa shape index (κ2) is 12.6. The number of rotatable bonds is 10. The number of nitrogens with zero attached hydrogens (tertiary/aromatic N) is 1. The molecule has 0 aliphatic rings. The molecule has 2 heterocycles. The van der Waals surface area contributed by atoms with Gasteiger partial charge in [-0.2, -0.15) is 0 Å². The van der Waals surface area contributed by atoms with Crippen molar-refractivity contribution in [1.29, 1.82) is 0 Å². The van der Waals surface area contributed by atoms with E-state index in [0.717, 1.165) is 15.6 Å². The molecule has 40 heavy (non-hydrogen) atoms. The molecule has 4 rings (SSSR count). The van der Waals surface area contributed by atoms with Gasteiger partial charge in [-0.15, -0.1) is 0 Å². The number of halogens is 2. The monoisotopic (exact) mass is 687 g/mol. The van der Waals surface area contributed by atoms with Gasteiger partial charge in [-0.3, -0.25) is 4.79 Å². The highest BCUT2D eigenvalue weighted by Crippen LogP contribution is 2.38. The van der Waals surface area contributed by atoms with Crippen LogP contribution in [0.15, 0.2) is 73.0 Å². The van der Waals surface area contributed by atoms with Crippen molar-refractivity contribution < 1.29 is 18.3 Å². The third kappa shape index (κ3) is 6.87. The molecule has 9 heteroatoms. The van der Waals surface area contributed by atoms with Gasteiger partial charge in [0.15, 0.2) is 13.7 Å². The van der Waals surface area contributed by atoms with Crippen LogP contribution in [0.25, 0.3) is 22.3 Å². The molecule has 4 aromatic rings. The number of benzene rings is 2. The van der Waals surface area contributed by atoms with E-state index in [-0.39, 0.29) is 10.5 Å². The van der Waals surface area contributed by atoms with Gasteiger partial charge < -0.3 is 18.3 Å². The Kier molecular flexibility index (Phi) is 9.60. The summed E-state index contributed by atoms with van der Waals surface area (Å²) in [5.41, 5.74) is 2.49. The Hall–Kier alpha value is -2.46. The van der Waals surface area contributed by atoms with Crippen LogP contribution in [0.2, 0.25) is 18.1 Å². The molecule has 0 aliphatic carbocycles. The number of hydrogen-bond donors (Lipinski definition) is 0. The van der Waals surface area contributed by atoms with E-state index in [1.807, 2.05) is 37.3 Å². The lowest BCUT2D eigenvalue weighted by molar-refractivity contribution is 0.203. The molecule has 2 aromatic carbocycles. The summed E-state index contributed by atoms with van der Waals surface area (Å²) in [4.78, 5) is 18.3. The molecule has 212 valence electrons. The van der Waals surface area contributed by atoms with E-state index in [1.165, 1.54) is 0 Å². The van der Waals surface area contributed by atoms with Crippen LogP contribution >= 0.6 is 31.9 Å². The van der Waals surface area contributed by atoms with Crippen LogP contribution in [0.3, 0.4) is 0 Å². The molecule has 0 N–H and O–H groups in total. The molecule has 0 saturated heterocycles. The van der Waals surface area contributed by atoms with Crippen LogP contribution in [-0.2, 0) is 10.8 Å². The highest BCUT2D eigenvalue weighted by atomic mass is 79.9. The lowest BCUT2D eigenvalue weighted by atomic mass is 9.99. The minimum Gasteiger partial charge on any atom is -0.494 e. The van der Waals surface area contributed by atoms with Crippen molar-refractivity contribution in [3.8, 4) is 22.8 Å². The molecule has 0 fully saturated rings. The van der Waals surface area contributed by atoms with Crippen LogP contribution in [0.5, 0.6) is 11.5 Å². The second-order valence-electron chi connectivity index (χ2n) is 11.1. The SMILES string of the molecule is CCOc1ccc(Br)c(-c2oc3cc(OCCO[Si](C)(C)C(C)(C)C)ccc3c(=O)c2Cc2cccnc2Br)c1. The fourth-order valence-electron chi connectivity index (χ4n) is 4.03. The molecule has 0 aliphatic heterocycles. The van der Waals surface area contributed by atoms with Gasteiger partial charge in [0.25, 0.3) is 0 Å². The summed E-state index contributed by atoms with van der Waals surface area (Å²) in [6, 6.07) is 14.8. The third-order valence-corrected chi connectivity index (χ3v) is 13.2. The molecule has 0 radical (unpaired) electrons. The highest BCUT2D eigenvalue weighted by Gasteiger charge is 2.36. The molecule has 0 bridgehead atoms. The van der Waals surface area contributed by atoms with Crippen molar-refractivity contribution >= 4 is 51.1 Å². The van der Waals surface area contributed by atoms with Crippen molar-refractivity contribution in [2.24, 2.45) is 0 Å². The summed E-state index contributed by atoms with van der Waals surface area (Å²) >= 11 is 7.17. The van der Waals surface area contributed by atoms with Crippen molar-refractivity contribution in [3.05, 3.63) is 85.2 Å². The van der Waals surface area contributed by atoms with E-state index in [4.69, 9.17) is 18.3 Å². The largest absolute Gasteiger partial charge is 0.494 e. The van der Waals surface area contributed by atoms with E-state index in [1.54, 1.807) is 24.4 Å². The topological polar surface area (TPSA) is 70.8 Å². The molecule has 0 atom stereocenters. The van der Waals surface area contributed by atoms with E-state index < -0.39 is 8.32 Å². The van der Waals surface area contributed by atoms with Gasteiger partial charge in [0.05, 0.1) is 18.6 Å². The summed E-state index contributed by atoms with van der Waals surface area (Å²) in [6.45, 7) is 14.5. The van der Waals surface area contributed by atoms with Crippen molar-refractivity contribution in [2.75, 3.05) is 19.8 Å². The predicted molar refractivity (Wildman–Crippen MR) is 170 cm³/mol. The van der Waals surface area contributed by atoms with Gasteiger partial charge in [-0.05, 0) is 82.9 Å². The molecule has 0 saturated carbocycles. The van der Waals surface area contributed by atoms with Crippen LogP contribution in [0.4, 0.5) is 0 Å². The minimum absolute atomic E-state index is 0.103. The van der Waals surface area contributed by atoms with E-state index in [9.17, 15) is 4.79 Å². The Bertz CT molecular complexity index is 1560. The van der Waals surface area contributed by atoms with Crippen LogP contribution in [0, 0.1) is 0 Å². The lowest BCUT2D eigenvalue weighted by Gasteiger charge is -2.36. The zero-order chi connectivity index (χ0) is 29.1. The number of hydrogen-bond acceptors (Lipinski definition) is 6. The maximum absolute atomic E-state index is 13.9. The molecule has 0 unspecified atom stereocenters. The van der Waals surface area contributed by atoms with Crippen molar-refractivity contribution in [3.63, 3.8) is 0 Å². The van der Waals surface area contributed by atoms with Crippen LogP contribution in [-0.4, -0.2) is 33.1 Å². The van der Waals surface area contributed by atoms with Crippen molar-refractivity contribution in [1.82, 2.24) is 4.98 Å². The van der Waals surface area contributed by atoms with Gasteiger partial charge in [-0.1, -0.05) is 42.8 Å². The Labute approximate surface area is 253 Å². The number of fused-ring (bicyclic) bond motifs is 1. The summed E-state index contributed by atoms with van der Waals surface area (Å²) in [7, 11) is -1.86. The lowest BCUT2D eigenvalue weighted by Crippen LogP contribution is -2.41. The molecular formula is C31H35Br2NO5Si. The van der Waals surface area contributed by atoms with E-state index >= 15 is 0 Å².